The molecule has 0 amide bonds. The summed E-state index contributed by atoms with van der Waals surface area (Å²) in [7, 11) is 3.59. The summed E-state index contributed by atoms with van der Waals surface area (Å²) in [6.07, 6.45) is 0. The first kappa shape index (κ1) is 11.3. The molecule has 13 heavy (non-hydrogen) atoms. The van der Waals surface area contributed by atoms with E-state index in [1.807, 2.05) is 13.1 Å². The highest BCUT2D eigenvalue weighted by Crippen LogP contribution is 2.17. The molecule has 1 rings (SSSR count). The second-order valence-electron chi connectivity index (χ2n) is 2.72. The SMILES string of the molecule is CNC[C@H](NSI)c1ccccc1. The molecule has 0 radical (unpaired) electrons. The van der Waals surface area contributed by atoms with Gasteiger partial charge in [-0.15, -0.1) is 0 Å². The highest BCUT2D eigenvalue weighted by Gasteiger charge is 2.07. The largest absolute Gasteiger partial charge is 0.318 e. The van der Waals surface area contributed by atoms with Crippen molar-refractivity contribution in [3.63, 3.8) is 0 Å². The lowest BCUT2D eigenvalue weighted by molar-refractivity contribution is 0.621. The summed E-state index contributed by atoms with van der Waals surface area (Å²) in [5, 5.41) is 3.17. The predicted molar refractivity (Wildman–Crippen MR) is 67.9 cm³/mol. The van der Waals surface area contributed by atoms with Gasteiger partial charge in [-0.1, -0.05) is 30.3 Å². The van der Waals surface area contributed by atoms with Crippen LogP contribution in [0.2, 0.25) is 0 Å². The Labute approximate surface area is 95.6 Å². The molecule has 0 saturated carbocycles. The van der Waals surface area contributed by atoms with E-state index in [2.05, 4.69) is 55.5 Å². The fraction of sp³-hybridized carbons (Fsp3) is 0.333. The average molecular weight is 308 g/mol. The number of hydrogen-bond acceptors (Lipinski definition) is 3. The highest BCUT2D eigenvalue weighted by molar-refractivity contribution is 14.2. The smallest absolute Gasteiger partial charge is 0.0553 e. The van der Waals surface area contributed by atoms with Crippen molar-refractivity contribution in [1.29, 1.82) is 0 Å². The fourth-order valence-electron chi connectivity index (χ4n) is 1.17. The molecule has 2 nitrogen and oxygen atoms in total. The van der Waals surface area contributed by atoms with Crippen LogP contribution in [0, 0.1) is 0 Å². The summed E-state index contributed by atoms with van der Waals surface area (Å²) in [6, 6.07) is 10.8. The Kier molecular flexibility index (Phi) is 5.77. The van der Waals surface area contributed by atoms with E-state index >= 15 is 0 Å². The van der Waals surface area contributed by atoms with Crippen LogP contribution >= 0.6 is 30.3 Å². The standard InChI is InChI=1S/C9H13IN2S/c1-11-7-9(12-13-10)8-5-3-2-4-6-8/h2-6,9,11-12H,7H2,1H3/t9-/m0/s1. The van der Waals surface area contributed by atoms with Crippen molar-refractivity contribution in [2.24, 2.45) is 0 Å². The second kappa shape index (κ2) is 6.64. The minimum Gasteiger partial charge on any atom is -0.318 e. The fourth-order valence-corrected chi connectivity index (χ4v) is 2.42. The van der Waals surface area contributed by atoms with Crippen LogP contribution < -0.4 is 10.0 Å². The molecule has 0 spiro atoms. The molecule has 0 aromatic heterocycles. The molecule has 2 N–H and O–H groups in total. The Bertz CT molecular complexity index is 224. The molecule has 0 aliphatic rings. The summed E-state index contributed by atoms with van der Waals surface area (Å²) in [5.74, 6) is 0. The van der Waals surface area contributed by atoms with Crippen LogP contribution in [0.5, 0.6) is 0 Å². The minimum absolute atomic E-state index is 0.382. The van der Waals surface area contributed by atoms with Gasteiger partial charge in [-0.2, -0.15) is 0 Å². The molecule has 0 bridgehead atoms. The van der Waals surface area contributed by atoms with Crippen LogP contribution in [0.4, 0.5) is 0 Å². The van der Waals surface area contributed by atoms with E-state index in [4.69, 9.17) is 0 Å². The number of benzene rings is 1. The second-order valence-corrected chi connectivity index (χ2v) is 4.43. The molecule has 1 aromatic carbocycles. The number of nitrogens with one attached hydrogen (secondary N) is 2. The molecular weight excluding hydrogens is 295 g/mol. The van der Waals surface area contributed by atoms with Crippen molar-refractivity contribution < 1.29 is 0 Å². The quantitative estimate of drug-likeness (QED) is 0.646. The molecule has 0 aliphatic heterocycles. The summed E-state index contributed by atoms with van der Waals surface area (Å²) in [4.78, 5) is 0. The zero-order valence-corrected chi connectivity index (χ0v) is 10.4. The van der Waals surface area contributed by atoms with Crippen molar-refractivity contribution in [3.05, 3.63) is 35.9 Å². The zero-order valence-electron chi connectivity index (χ0n) is 7.46. The van der Waals surface area contributed by atoms with E-state index in [1.165, 1.54) is 5.56 Å². The first-order valence-electron chi connectivity index (χ1n) is 4.11. The monoisotopic (exact) mass is 308 g/mol. The van der Waals surface area contributed by atoms with E-state index in [1.54, 1.807) is 9.12 Å². The molecule has 0 aliphatic carbocycles. The van der Waals surface area contributed by atoms with Gasteiger partial charge in [-0.3, -0.25) is 0 Å². The van der Waals surface area contributed by atoms with Gasteiger partial charge in [-0.05, 0) is 21.7 Å². The molecule has 0 fully saturated rings. The lowest BCUT2D eigenvalue weighted by atomic mass is 10.1. The van der Waals surface area contributed by atoms with Crippen LogP contribution in [0.3, 0.4) is 0 Å². The van der Waals surface area contributed by atoms with Crippen molar-refractivity contribution in [2.75, 3.05) is 13.6 Å². The highest BCUT2D eigenvalue weighted by atomic mass is 127. The van der Waals surface area contributed by atoms with Crippen LogP contribution in [0.1, 0.15) is 11.6 Å². The summed E-state index contributed by atoms with van der Waals surface area (Å²) in [6.45, 7) is 0.944. The van der Waals surface area contributed by atoms with Crippen LogP contribution in [-0.2, 0) is 0 Å². The molecule has 0 heterocycles. The van der Waals surface area contributed by atoms with Crippen LogP contribution in [-0.4, -0.2) is 13.6 Å². The van der Waals surface area contributed by atoms with Gasteiger partial charge in [0.1, 0.15) is 0 Å². The van der Waals surface area contributed by atoms with Gasteiger partial charge >= 0.3 is 0 Å². The first-order chi connectivity index (χ1) is 6.38. The lowest BCUT2D eigenvalue weighted by Crippen LogP contribution is -2.25. The maximum Gasteiger partial charge on any atom is 0.0553 e. The van der Waals surface area contributed by atoms with E-state index in [0.717, 1.165) is 6.54 Å². The van der Waals surface area contributed by atoms with Gasteiger partial charge in [0.2, 0.25) is 0 Å². The van der Waals surface area contributed by atoms with Gasteiger partial charge < -0.3 is 5.32 Å². The van der Waals surface area contributed by atoms with Crippen molar-refractivity contribution in [3.8, 4) is 0 Å². The number of halogens is 1. The number of hydrogen-bond donors (Lipinski definition) is 2. The Morgan fingerprint density at radius 3 is 2.62 bits per heavy atom. The third-order valence-corrected chi connectivity index (χ3v) is 2.93. The lowest BCUT2D eigenvalue weighted by Gasteiger charge is -2.16. The predicted octanol–water partition coefficient (Wildman–Crippen LogP) is 2.53. The first-order valence-corrected chi connectivity index (χ1v) is 7.47. The molecular formula is C9H13IN2S. The van der Waals surface area contributed by atoms with Gasteiger partial charge in [0.25, 0.3) is 0 Å². The number of rotatable bonds is 5. The zero-order chi connectivity index (χ0) is 9.52. The van der Waals surface area contributed by atoms with Crippen molar-refractivity contribution in [2.45, 2.75) is 6.04 Å². The van der Waals surface area contributed by atoms with Gasteiger partial charge in [0, 0.05) is 27.8 Å². The van der Waals surface area contributed by atoms with Crippen molar-refractivity contribution in [1.82, 2.24) is 10.0 Å². The number of likely N-dealkylation sites (N-methyl/N-ethyl adjacent to an activating group) is 1. The summed E-state index contributed by atoms with van der Waals surface area (Å²) in [5.41, 5.74) is 1.32. The molecule has 72 valence electrons. The topological polar surface area (TPSA) is 24.1 Å². The molecule has 0 unspecified atom stereocenters. The Morgan fingerprint density at radius 1 is 1.38 bits per heavy atom. The van der Waals surface area contributed by atoms with E-state index in [9.17, 15) is 0 Å². The van der Waals surface area contributed by atoms with Crippen LogP contribution in [0.25, 0.3) is 0 Å². The van der Waals surface area contributed by atoms with E-state index < -0.39 is 0 Å². The molecule has 1 atom stereocenters. The maximum absolute atomic E-state index is 3.34. The maximum atomic E-state index is 3.34. The van der Waals surface area contributed by atoms with Crippen molar-refractivity contribution >= 4 is 30.3 Å². The Balaban J connectivity index is 2.64. The van der Waals surface area contributed by atoms with E-state index in [-0.39, 0.29) is 0 Å². The third kappa shape index (κ3) is 3.84. The Morgan fingerprint density at radius 2 is 2.08 bits per heavy atom. The van der Waals surface area contributed by atoms with Gasteiger partial charge in [0.15, 0.2) is 0 Å². The van der Waals surface area contributed by atoms with Crippen LogP contribution in [0.15, 0.2) is 30.3 Å². The normalized spacial score (nSPS) is 12.8. The minimum atomic E-state index is 0.382. The van der Waals surface area contributed by atoms with E-state index in [0.29, 0.717) is 6.04 Å². The molecule has 1 aromatic rings. The molecule has 0 saturated heterocycles. The summed E-state index contributed by atoms with van der Waals surface area (Å²) < 4.78 is 3.34. The van der Waals surface area contributed by atoms with Gasteiger partial charge in [-0.25, -0.2) is 4.72 Å². The third-order valence-electron chi connectivity index (χ3n) is 1.80. The average Bonchev–Trinajstić information content (AvgIpc) is 2.19. The Hall–Kier alpha value is 0.220. The summed E-state index contributed by atoms with van der Waals surface area (Å²) >= 11 is 2.25. The molecule has 4 heteroatoms. The van der Waals surface area contributed by atoms with Gasteiger partial charge in [0.05, 0.1) is 6.04 Å².